The van der Waals surface area contributed by atoms with Crippen molar-refractivity contribution in [1.82, 2.24) is 5.43 Å². The Morgan fingerprint density at radius 2 is 2.00 bits per heavy atom. The Morgan fingerprint density at radius 3 is 2.62 bits per heavy atom. The number of rotatable bonds is 6. The highest BCUT2D eigenvalue weighted by molar-refractivity contribution is 6.33. The summed E-state index contributed by atoms with van der Waals surface area (Å²) in [5, 5.41) is 1.42. The Morgan fingerprint density at radius 1 is 1.29 bits per heavy atom. The van der Waals surface area contributed by atoms with Crippen molar-refractivity contribution in [2.24, 2.45) is 5.84 Å². The Labute approximate surface area is 137 Å². The molecule has 0 heterocycles. The van der Waals surface area contributed by atoms with E-state index in [9.17, 15) is 0 Å². The molecule has 3 nitrogen and oxygen atoms in total. The largest absolute Gasteiger partial charge is 0.374 e. The molecule has 3 N–H and O–H groups in total. The predicted molar refractivity (Wildman–Crippen MR) is 88.7 cm³/mol. The summed E-state index contributed by atoms with van der Waals surface area (Å²) in [7, 11) is 0. The third kappa shape index (κ3) is 4.11. The van der Waals surface area contributed by atoms with Gasteiger partial charge in [-0.05, 0) is 49.9 Å². The summed E-state index contributed by atoms with van der Waals surface area (Å²) in [6.45, 7) is 2.73. The molecule has 0 radical (unpaired) electrons. The van der Waals surface area contributed by atoms with Crippen molar-refractivity contribution >= 4 is 23.2 Å². The van der Waals surface area contributed by atoms with Crippen LogP contribution in [0.3, 0.4) is 0 Å². The quantitative estimate of drug-likeness (QED) is 0.609. The molecule has 118 valence electrons. The number of benzene rings is 1. The number of ether oxygens (including phenoxy) is 1. The van der Waals surface area contributed by atoms with Gasteiger partial charge in [0.15, 0.2) is 0 Å². The number of nitrogens with two attached hydrogens (primary N) is 1. The van der Waals surface area contributed by atoms with Gasteiger partial charge in [0.1, 0.15) is 0 Å². The Balaban J connectivity index is 2.22. The van der Waals surface area contributed by atoms with Gasteiger partial charge in [-0.15, -0.1) is 0 Å². The van der Waals surface area contributed by atoms with Gasteiger partial charge >= 0.3 is 0 Å². The Hall–Kier alpha value is -0.320. The van der Waals surface area contributed by atoms with Crippen molar-refractivity contribution in [2.75, 3.05) is 6.61 Å². The monoisotopic (exact) mass is 330 g/mol. The summed E-state index contributed by atoms with van der Waals surface area (Å²) in [6.07, 6.45) is 6.42. The third-order valence-electron chi connectivity index (χ3n) is 4.40. The molecule has 1 saturated carbocycles. The fraction of sp³-hybridized carbons (Fsp3) is 0.625. The lowest BCUT2D eigenvalue weighted by atomic mass is 9.77. The maximum absolute atomic E-state index is 6.29. The summed E-state index contributed by atoms with van der Waals surface area (Å²) in [4.78, 5) is 0. The predicted octanol–water partition coefficient (Wildman–Crippen LogP) is 4.11. The average Bonchev–Trinajstić information content (AvgIpc) is 2.49. The second kappa shape index (κ2) is 7.80. The topological polar surface area (TPSA) is 47.3 Å². The fourth-order valence-electron chi connectivity index (χ4n) is 3.35. The summed E-state index contributed by atoms with van der Waals surface area (Å²) in [6, 6.07) is 5.59. The number of hydrogen-bond acceptors (Lipinski definition) is 3. The van der Waals surface area contributed by atoms with Crippen LogP contribution >= 0.6 is 23.2 Å². The smallest absolute Gasteiger partial charge is 0.0851 e. The summed E-state index contributed by atoms with van der Waals surface area (Å²) >= 11 is 12.4. The maximum Gasteiger partial charge on any atom is 0.0851 e. The Kier molecular flexibility index (Phi) is 6.33. The van der Waals surface area contributed by atoms with E-state index in [0.717, 1.165) is 29.8 Å². The molecule has 21 heavy (non-hydrogen) atoms. The van der Waals surface area contributed by atoms with Crippen LogP contribution in [0.15, 0.2) is 18.2 Å². The SMILES string of the molecule is CCOC1(C(Cc2cc(Cl)ccc2Cl)NN)CCCCC1. The minimum atomic E-state index is -0.201. The van der Waals surface area contributed by atoms with Crippen LogP contribution in [0, 0.1) is 0 Å². The lowest BCUT2D eigenvalue weighted by Gasteiger charge is -2.43. The lowest BCUT2D eigenvalue weighted by Crippen LogP contribution is -2.57. The van der Waals surface area contributed by atoms with E-state index in [0.29, 0.717) is 11.6 Å². The van der Waals surface area contributed by atoms with Gasteiger partial charge in [0, 0.05) is 16.7 Å². The first-order valence-corrected chi connectivity index (χ1v) is 8.41. The third-order valence-corrected chi connectivity index (χ3v) is 5.00. The van der Waals surface area contributed by atoms with Gasteiger partial charge in [0.2, 0.25) is 0 Å². The first-order chi connectivity index (χ1) is 10.1. The second-order valence-electron chi connectivity index (χ2n) is 5.72. The normalized spacial score (nSPS) is 19.4. The van der Waals surface area contributed by atoms with Gasteiger partial charge in [-0.3, -0.25) is 11.3 Å². The zero-order valence-electron chi connectivity index (χ0n) is 12.5. The van der Waals surface area contributed by atoms with Crippen molar-refractivity contribution in [3.05, 3.63) is 33.8 Å². The molecule has 0 spiro atoms. The molecule has 1 fully saturated rings. The molecule has 0 aromatic heterocycles. The highest BCUT2D eigenvalue weighted by Gasteiger charge is 2.40. The van der Waals surface area contributed by atoms with Crippen molar-refractivity contribution < 1.29 is 4.74 Å². The number of hydrazine groups is 1. The van der Waals surface area contributed by atoms with E-state index in [1.807, 2.05) is 19.1 Å². The number of hydrogen-bond donors (Lipinski definition) is 2. The van der Waals surface area contributed by atoms with Gasteiger partial charge in [-0.2, -0.15) is 0 Å². The minimum Gasteiger partial charge on any atom is -0.374 e. The molecule has 5 heteroatoms. The van der Waals surface area contributed by atoms with E-state index in [4.69, 9.17) is 33.8 Å². The van der Waals surface area contributed by atoms with Crippen molar-refractivity contribution in [3.63, 3.8) is 0 Å². The van der Waals surface area contributed by atoms with E-state index in [1.54, 1.807) is 6.07 Å². The molecule has 0 aliphatic heterocycles. The number of halogens is 2. The van der Waals surface area contributed by atoms with Crippen LogP contribution in [0.2, 0.25) is 10.0 Å². The van der Waals surface area contributed by atoms with Crippen LogP contribution in [-0.4, -0.2) is 18.2 Å². The summed E-state index contributed by atoms with van der Waals surface area (Å²) in [5.41, 5.74) is 3.78. The van der Waals surface area contributed by atoms with Crippen LogP contribution in [0.1, 0.15) is 44.6 Å². The van der Waals surface area contributed by atoms with Crippen LogP contribution in [0.5, 0.6) is 0 Å². The van der Waals surface area contributed by atoms with Gasteiger partial charge in [-0.25, -0.2) is 0 Å². The molecule has 1 aliphatic rings. The van der Waals surface area contributed by atoms with Gasteiger partial charge in [0.05, 0.1) is 11.6 Å². The van der Waals surface area contributed by atoms with E-state index < -0.39 is 0 Å². The molecule has 1 aromatic carbocycles. The van der Waals surface area contributed by atoms with Gasteiger partial charge < -0.3 is 4.74 Å². The van der Waals surface area contributed by atoms with Crippen LogP contribution < -0.4 is 11.3 Å². The second-order valence-corrected chi connectivity index (χ2v) is 6.56. The average molecular weight is 331 g/mol. The van der Waals surface area contributed by atoms with Gasteiger partial charge in [0.25, 0.3) is 0 Å². The zero-order chi connectivity index (χ0) is 15.3. The molecule has 2 rings (SSSR count). The highest BCUT2D eigenvalue weighted by atomic mass is 35.5. The lowest BCUT2D eigenvalue weighted by molar-refractivity contribution is -0.0898. The van der Waals surface area contributed by atoms with Crippen LogP contribution in [-0.2, 0) is 11.2 Å². The zero-order valence-corrected chi connectivity index (χ0v) is 14.0. The van der Waals surface area contributed by atoms with E-state index in [-0.39, 0.29) is 11.6 Å². The molecule has 1 aromatic rings. The molecule has 1 unspecified atom stereocenters. The summed E-state index contributed by atoms with van der Waals surface area (Å²) in [5.74, 6) is 5.85. The Bertz CT molecular complexity index is 456. The molecule has 0 bridgehead atoms. The van der Waals surface area contributed by atoms with E-state index >= 15 is 0 Å². The first kappa shape index (κ1) is 17.0. The molecule has 0 saturated heterocycles. The first-order valence-electron chi connectivity index (χ1n) is 7.65. The molecule has 1 aliphatic carbocycles. The van der Waals surface area contributed by atoms with E-state index in [2.05, 4.69) is 5.43 Å². The van der Waals surface area contributed by atoms with Crippen LogP contribution in [0.25, 0.3) is 0 Å². The minimum absolute atomic E-state index is 0.0358. The molecular formula is C16H24Cl2N2O. The molecule has 0 amide bonds. The number of nitrogens with one attached hydrogen (secondary N) is 1. The van der Waals surface area contributed by atoms with E-state index in [1.165, 1.54) is 19.3 Å². The summed E-state index contributed by atoms with van der Waals surface area (Å²) < 4.78 is 6.15. The van der Waals surface area contributed by atoms with Crippen molar-refractivity contribution in [2.45, 2.75) is 57.1 Å². The fourth-order valence-corrected chi connectivity index (χ4v) is 3.74. The molecular weight excluding hydrogens is 307 g/mol. The highest BCUT2D eigenvalue weighted by Crippen LogP contribution is 2.36. The standard InChI is InChI=1S/C16H24Cl2N2O/c1-2-21-16(8-4-3-5-9-16)15(20-19)11-12-10-13(17)6-7-14(12)18/h6-7,10,15,20H,2-5,8-9,11,19H2,1H3. The maximum atomic E-state index is 6.29. The van der Waals surface area contributed by atoms with Crippen molar-refractivity contribution in [3.8, 4) is 0 Å². The molecule has 1 atom stereocenters. The van der Waals surface area contributed by atoms with Crippen molar-refractivity contribution in [1.29, 1.82) is 0 Å². The van der Waals surface area contributed by atoms with Gasteiger partial charge in [-0.1, -0.05) is 42.5 Å². The van der Waals surface area contributed by atoms with Crippen LogP contribution in [0.4, 0.5) is 0 Å².